The summed E-state index contributed by atoms with van der Waals surface area (Å²) in [5.74, 6) is -0.694. The van der Waals surface area contributed by atoms with Crippen molar-refractivity contribution in [2.24, 2.45) is 12.8 Å². The van der Waals surface area contributed by atoms with Crippen LogP contribution >= 0.6 is 0 Å². The van der Waals surface area contributed by atoms with Gasteiger partial charge in [-0.25, -0.2) is 13.1 Å². The minimum atomic E-state index is -3.73. The Morgan fingerprint density at radius 1 is 1.53 bits per heavy atom. The molecule has 1 amide bonds. The summed E-state index contributed by atoms with van der Waals surface area (Å²) in [4.78, 5) is 11.1. The minimum absolute atomic E-state index is 0.0266. The number of aliphatic hydroxyl groups excluding tert-OH is 1. The predicted octanol–water partition coefficient (Wildman–Crippen LogP) is -0.438. The van der Waals surface area contributed by atoms with Crippen molar-refractivity contribution in [2.75, 3.05) is 0 Å². The lowest BCUT2D eigenvalue weighted by Crippen LogP contribution is -2.34. The van der Waals surface area contributed by atoms with Gasteiger partial charge in [-0.2, -0.15) is 0 Å². The van der Waals surface area contributed by atoms with E-state index in [-0.39, 0.29) is 10.6 Å². The first kappa shape index (κ1) is 15.7. The van der Waals surface area contributed by atoms with E-state index in [0.717, 1.165) is 0 Å². The molecule has 7 nitrogen and oxygen atoms in total. The van der Waals surface area contributed by atoms with Crippen LogP contribution < -0.4 is 10.5 Å². The molecule has 0 radical (unpaired) electrons. The van der Waals surface area contributed by atoms with Crippen molar-refractivity contribution < 1.29 is 18.3 Å². The lowest BCUT2D eigenvalue weighted by atomic mass is 10.2. The number of carbonyl (C=O) groups excluding carboxylic acids is 1. The number of aliphatic hydroxyl groups is 1. The van der Waals surface area contributed by atoms with Crippen LogP contribution in [0.1, 0.15) is 30.8 Å². The number of nitrogens with two attached hydrogens (primary N) is 1. The van der Waals surface area contributed by atoms with Gasteiger partial charge in [-0.1, -0.05) is 0 Å². The fourth-order valence-electron chi connectivity index (χ4n) is 1.82. The first-order valence-corrected chi connectivity index (χ1v) is 7.28. The lowest BCUT2D eigenvalue weighted by Gasteiger charge is -2.14. The van der Waals surface area contributed by atoms with E-state index in [9.17, 15) is 18.3 Å². The molecule has 108 valence electrons. The molecule has 1 rings (SSSR count). The zero-order valence-electron chi connectivity index (χ0n) is 11.1. The molecular formula is C11H19N3O4S. The van der Waals surface area contributed by atoms with Crippen LogP contribution in [0.2, 0.25) is 0 Å². The standard InChI is InChI=1S/C11H19N3O4S/c1-7(4-8(2)15)13-19(17,18)9-5-10(11(12)16)14(3)6-9/h5-8,13,15H,4H2,1-3H3,(H2,12,16). The van der Waals surface area contributed by atoms with Crippen LogP contribution in [0.3, 0.4) is 0 Å². The SMILES string of the molecule is CC(O)CC(C)NS(=O)(=O)c1cc(C(N)=O)n(C)c1. The fraction of sp³-hybridized carbons (Fsp3) is 0.545. The Bertz CT molecular complexity index is 562. The second kappa shape index (κ2) is 5.72. The van der Waals surface area contributed by atoms with Crippen molar-refractivity contribution in [3.05, 3.63) is 18.0 Å². The molecule has 0 aromatic carbocycles. The normalized spacial score (nSPS) is 15.2. The molecule has 0 aliphatic rings. The van der Waals surface area contributed by atoms with Gasteiger partial charge in [-0.15, -0.1) is 0 Å². The van der Waals surface area contributed by atoms with E-state index in [4.69, 9.17) is 5.73 Å². The molecule has 2 unspecified atom stereocenters. The van der Waals surface area contributed by atoms with Gasteiger partial charge < -0.3 is 15.4 Å². The Labute approximate surface area is 112 Å². The highest BCUT2D eigenvalue weighted by Crippen LogP contribution is 2.14. The van der Waals surface area contributed by atoms with Crippen LogP contribution in [0.4, 0.5) is 0 Å². The van der Waals surface area contributed by atoms with Crippen molar-refractivity contribution >= 4 is 15.9 Å². The number of aryl methyl sites for hydroxylation is 1. The Hall–Kier alpha value is -1.38. The third kappa shape index (κ3) is 4.05. The summed E-state index contributed by atoms with van der Waals surface area (Å²) in [5, 5.41) is 9.21. The summed E-state index contributed by atoms with van der Waals surface area (Å²) in [6.45, 7) is 3.24. The summed E-state index contributed by atoms with van der Waals surface area (Å²) in [7, 11) is -2.19. The third-order valence-electron chi connectivity index (χ3n) is 2.59. The van der Waals surface area contributed by atoms with E-state index < -0.39 is 28.1 Å². The molecule has 1 aromatic heterocycles. The maximum absolute atomic E-state index is 12.1. The Morgan fingerprint density at radius 2 is 2.11 bits per heavy atom. The number of aromatic nitrogens is 1. The van der Waals surface area contributed by atoms with E-state index in [1.54, 1.807) is 20.9 Å². The highest BCUT2D eigenvalue weighted by molar-refractivity contribution is 7.89. The zero-order chi connectivity index (χ0) is 14.8. The highest BCUT2D eigenvalue weighted by Gasteiger charge is 2.21. The number of carbonyl (C=O) groups is 1. The van der Waals surface area contributed by atoms with Gasteiger partial charge in [0.15, 0.2) is 0 Å². The average Bonchev–Trinajstić information content (AvgIpc) is 2.58. The summed E-state index contributed by atoms with van der Waals surface area (Å²) in [5.41, 5.74) is 5.24. The number of primary amides is 1. The molecule has 1 aromatic rings. The predicted molar refractivity (Wildman–Crippen MR) is 70.0 cm³/mol. The molecule has 19 heavy (non-hydrogen) atoms. The molecular weight excluding hydrogens is 270 g/mol. The van der Waals surface area contributed by atoms with Gasteiger partial charge in [0.2, 0.25) is 10.0 Å². The Kier molecular flexibility index (Phi) is 4.72. The van der Waals surface area contributed by atoms with Crippen molar-refractivity contribution in [1.82, 2.24) is 9.29 Å². The molecule has 0 saturated carbocycles. The van der Waals surface area contributed by atoms with Crippen LogP contribution in [0.5, 0.6) is 0 Å². The quantitative estimate of drug-likeness (QED) is 0.658. The fourth-order valence-corrected chi connectivity index (χ4v) is 3.14. The number of hydrogen-bond donors (Lipinski definition) is 3. The molecule has 0 saturated heterocycles. The molecule has 0 fully saturated rings. The lowest BCUT2D eigenvalue weighted by molar-refractivity contribution is 0.0992. The van der Waals surface area contributed by atoms with Crippen molar-refractivity contribution in [3.8, 4) is 0 Å². The van der Waals surface area contributed by atoms with E-state index in [1.807, 2.05) is 0 Å². The number of amides is 1. The van der Waals surface area contributed by atoms with E-state index in [0.29, 0.717) is 6.42 Å². The van der Waals surface area contributed by atoms with Gasteiger partial charge in [0, 0.05) is 19.3 Å². The third-order valence-corrected chi connectivity index (χ3v) is 4.15. The topological polar surface area (TPSA) is 114 Å². The van der Waals surface area contributed by atoms with Crippen molar-refractivity contribution in [1.29, 1.82) is 0 Å². The van der Waals surface area contributed by atoms with Crippen LogP contribution in [0.15, 0.2) is 17.2 Å². The van der Waals surface area contributed by atoms with Crippen LogP contribution in [0, 0.1) is 0 Å². The number of nitrogens with zero attached hydrogens (tertiary/aromatic N) is 1. The number of nitrogens with one attached hydrogen (secondary N) is 1. The summed E-state index contributed by atoms with van der Waals surface area (Å²) in [6, 6.07) is 0.807. The van der Waals surface area contributed by atoms with E-state index in [2.05, 4.69) is 4.72 Å². The molecule has 0 bridgehead atoms. The maximum Gasteiger partial charge on any atom is 0.265 e. The molecule has 0 aliphatic carbocycles. The van der Waals surface area contributed by atoms with Gasteiger partial charge in [-0.05, 0) is 26.3 Å². The highest BCUT2D eigenvalue weighted by atomic mass is 32.2. The average molecular weight is 289 g/mol. The van der Waals surface area contributed by atoms with Crippen LogP contribution in [0.25, 0.3) is 0 Å². The molecule has 0 spiro atoms. The van der Waals surface area contributed by atoms with Crippen molar-refractivity contribution in [3.63, 3.8) is 0 Å². The number of hydrogen-bond acceptors (Lipinski definition) is 4. The second-order valence-corrected chi connectivity index (χ2v) is 6.36. The summed E-state index contributed by atoms with van der Waals surface area (Å²) in [6.07, 6.45) is 1.02. The second-order valence-electron chi connectivity index (χ2n) is 4.64. The first-order chi connectivity index (χ1) is 8.63. The zero-order valence-corrected chi connectivity index (χ0v) is 11.9. The van der Waals surface area contributed by atoms with Gasteiger partial charge in [0.05, 0.1) is 6.10 Å². The Balaban J connectivity index is 2.95. The van der Waals surface area contributed by atoms with Crippen LogP contribution in [-0.2, 0) is 17.1 Å². The van der Waals surface area contributed by atoms with Gasteiger partial charge in [-0.3, -0.25) is 4.79 Å². The summed E-state index contributed by atoms with van der Waals surface area (Å²) < 4.78 is 27.9. The molecule has 4 N–H and O–H groups in total. The first-order valence-electron chi connectivity index (χ1n) is 5.80. The van der Waals surface area contributed by atoms with Gasteiger partial charge in [0.25, 0.3) is 5.91 Å². The molecule has 8 heteroatoms. The molecule has 0 aliphatic heterocycles. The smallest absolute Gasteiger partial charge is 0.265 e. The monoisotopic (exact) mass is 289 g/mol. The van der Waals surface area contributed by atoms with E-state index in [1.165, 1.54) is 16.8 Å². The largest absolute Gasteiger partial charge is 0.393 e. The van der Waals surface area contributed by atoms with Gasteiger partial charge in [0.1, 0.15) is 10.6 Å². The van der Waals surface area contributed by atoms with Crippen LogP contribution in [-0.4, -0.2) is 36.1 Å². The number of rotatable bonds is 6. The Morgan fingerprint density at radius 3 is 2.53 bits per heavy atom. The van der Waals surface area contributed by atoms with Gasteiger partial charge >= 0.3 is 0 Å². The maximum atomic E-state index is 12.1. The number of sulfonamides is 1. The minimum Gasteiger partial charge on any atom is -0.393 e. The summed E-state index contributed by atoms with van der Waals surface area (Å²) >= 11 is 0. The van der Waals surface area contributed by atoms with E-state index >= 15 is 0 Å². The molecule has 2 atom stereocenters. The molecule has 1 heterocycles. The van der Waals surface area contributed by atoms with Crippen molar-refractivity contribution in [2.45, 2.75) is 37.3 Å².